The molecule has 1 aromatic heterocycles. The van der Waals surface area contributed by atoms with E-state index in [1.54, 1.807) is 12.3 Å². The lowest BCUT2D eigenvalue weighted by molar-refractivity contribution is 0.0932. The highest BCUT2D eigenvalue weighted by molar-refractivity contribution is 5.95. The Morgan fingerprint density at radius 2 is 2.38 bits per heavy atom. The number of amides is 1. The monoisotopic (exact) mass is 222 g/mol. The van der Waals surface area contributed by atoms with Crippen LogP contribution in [0.1, 0.15) is 35.4 Å². The van der Waals surface area contributed by atoms with Gasteiger partial charge in [0.1, 0.15) is 5.76 Å². The van der Waals surface area contributed by atoms with Crippen molar-refractivity contribution >= 4 is 5.91 Å². The Kier molecular flexibility index (Phi) is 3.62. The molecule has 1 fully saturated rings. The fourth-order valence-corrected chi connectivity index (χ4v) is 2.05. The first-order chi connectivity index (χ1) is 7.77. The topological polar surface area (TPSA) is 54.3 Å². The van der Waals surface area contributed by atoms with Gasteiger partial charge in [0.2, 0.25) is 0 Å². The Balaban J connectivity index is 1.93. The second-order valence-corrected chi connectivity index (χ2v) is 4.24. The lowest BCUT2D eigenvalue weighted by Gasteiger charge is -2.15. The van der Waals surface area contributed by atoms with E-state index in [4.69, 9.17) is 4.42 Å². The number of rotatable bonds is 2. The third kappa shape index (κ3) is 2.64. The zero-order chi connectivity index (χ0) is 11.4. The minimum Gasteiger partial charge on any atom is -0.469 e. The summed E-state index contributed by atoms with van der Waals surface area (Å²) in [4.78, 5) is 11.9. The smallest absolute Gasteiger partial charge is 0.255 e. The van der Waals surface area contributed by atoms with Gasteiger partial charge in [-0.25, -0.2) is 0 Å². The molecule has 16 heavy (non-hydrogen) atoms. The highest BCUT2D eigenvalue weighted by Crippen LogP contribution is 2.11. The summed E-state index contributed by atoms with van der Waals surface area (Å²) in [5.41, 5.74) is 0.650. The number of nitrogens with one attached hydrogen (secondary N) is 2. The lowest BCUT2D eigenvalue weighted by atomic mass is 10.1. The Bertz CT molecular complexity index is 352. The maximum absolute atomic E-state index is 11.9. The van der Waals surface area contributed by atoms with Crippen LogP contribution in [0.2, 0.25) is 0 Å². The van der Waals surface area contributed by atoms with E-state index < -0.39 is 0 Å². The maximum atomic E-state index is 11.9. The molecule has 1 aliphatic rings. The number of furan rings is 1. The number of aryl methyl sites for hydroxylation is 1. The summed E-state index contributed by atoms with van der Waals surface area (Å²) in [5, 5.41) is 6.39. The van der Waals surface area contributed by atoms with Crippen LogP contribution in [0.15, 0.2) is 16.7 Å². The summed E-state index contributed by atoms with van der Waals surface area (Å²) >= 11 is 0. The second kappa shape index (κ2) is 5.16. The first-order valence-electron chi connectivity index (χ1n) is 5.83. The van der Waals surface area contributed by atoms with Crippen molar-refractivity contribution in [1.29, 1.82) is 0 Å². The Morgan fingerprint density at radius 1 is 1.50 bits per heavy atom. The van der Waals surface area contributed by atoms with Crippen LogP contribution in [0, 0.1) is 6.92 Å². The number of hydrogen-bond acceptors (Lipinski definition) is 3. The predicted octanol–water partition coefficient (Wildman–Crippen LogP) is 1.46. The summed E-state index contributed by atoms with van der Waals surface area (Å²) in [6.07, 6.45) is 4.73. The molecule has 0 saturated carbocycles. The van der Waals surface area contributed by atoms with E-state index in [0.717, 1.165) is 32.4 Å². The Morgan fingerprint density at radius 3 is 3.12 bits per heavy atom. The standard InChI is InChI=1S/C12H18N2O2/c1-9-11(5-8-16-9)12(15)14-10-3-2-6-13-7-4-10/h5,8,10,13H,2-4,6-7H2,1H3,(H,14,15). The third-order valence-corrected chi connectivity index (χ3v) is 3.01. The lowest BCUT2D eigenvalue weighted by Crippen LogP contribution is -2.35. The van der Waals surface area contributed by atoms with Gasteiger partial charge in [-0.05, 0) is 45.3 Å². The van der Waals surface area contributed by atoms with E-state index >= 15 is 0 Å². The first-order valence-corrected chi connectivity index (χ1v) is 5.83. The van der Waals surface area contributed by atoms with Crippen LogP contribution in [-0.4, -0.2) is 25.0 Å². The van der Waals surface area contributed by atoms with E-state index in [2.05, 4.69) is 10.6 Å². The van der Waals surface area contributed by atoms with Crippen LogP contribution < -0.4 is 10.6 Å². The molecule has 0 radical (unpaired) electrons. The SMILES string of the molecule is Cc1occc1C(=O)NC1CCCNCC1. The van der Waals surface area contributed by atoms with Gasteiger partial charge >= 0.3 is 0 Å². The second-order valence-electron chi connectivity index (χ2n) is 4.24. The largest absolute Gasteiger partial charge is 0.469 e. The van der Waals surface area contributed by atoms with Crippen LogP contribution in [0.25, 0.3) is 0 Å². The van der Waals surface area contributed by atoms with Gasteiger partial charge in [0.05, 0.1) is 11.8 Å². The van der Waals surface area contributed by atoms with Crippen molar-refractivity contribution in [3.63, 3.8) is 0 Å². The molecule has 0 aliphatic carbocycles. The summed E-state index contributed by atoms with van der Waals surface area (Å²) in [7, 11) is 0. The minimum atomic E-state index is -0.0156. The van der Waals surface area contributed by atoms with Crippen molar-refractivity contribution in [3.8, 4) is 0 Å². The van der Waals surface area contributed by atoms with E-state index in [0.29, 0.717) is 11.3 Å². The molecule has 0 aromatic carbocycles. The van der Waals surface area contributed by atoms with Crippen LogP contribution in [0.3, 0.4) is 0 Å². The molecule has 88 valence electrons. The first kappa shape index (κ1) is 11.2. The molecule has 1 amide bonds. The average Bonchev–Trinajstić information content (AvgIpc) is 2.53. The third-order valence-electron chi connectivity index (χ3n) is 3.01. The highest BCUT2D eigenvalue weighted by Gasteiger charge is 2.17. The molecule has 4 nitrogen and oxygen atoms in total. The predicted molar refractivity (Wildman–Crippen MR) is 61.4 cm³/mol. The van der Waals surface area contributed by atoms with Gasteiger partial charge in [-0.2, -0.15) is 0 Å². The Labute approximate surface area is 95.4 Å². The molecular weight excluding hydrogens is 204 g/mol. The molecule has 4 heteroatoms. The van der Waals surface area contributed by atoms with Gasteiger partial charge in [0, 0.05) is 6.04 Å². The molecule has 2 N–H and O–H groups in total. The summed E-state index contributed by atoms with van der Waals surface area (Å²) < 4.78 is 5.13. The zero-order valence-electron chi connectivity index (χ0n) is 9.58. The molecule has 1 atom stereocenters. The molecule has 2 rings (SSSR count). The van der Waals surface area contributed by atoms with Gasteiger partial charge in [-0.15, -0.1) is 0 Å². The number of carbonyl (C=O) groups excluding carboxylic acids is 1. The molecule has 0 bridgehead atoms. The molecular formula is C12H18N2O2. The average molecular weight is 222 g/mol. The van der Waals surface area contributed by atoms with Gasteiger partial charge in [0.15, 0.2) is 0 Å². The summed E-state index contributed by atoms with van der Waals surface area (Å²) in [5.74, 6) is 0.669. The zero-order valence-corrected chi connectivity index (χ0v) is 9.58. The van der Waals surface area contributed by atoms with Gasteiger partial charge in [0.25, 0.3) is 5.91 Å². The molecule has 1 aromatic rings. The normalized spacial score (nSPS) is 21.4. The van der Waals surface area contributed by atoms with Gasteiger partial charge in [-0.1, -0.05) is 0 Å². The number of hydrogen-bond donors (Lipinski definition) is 2. The van der Waals surface area contributed by atoms with E-state index in [1.165, 1.54) is 0 Å². The van der Waals surface area contributed by atoms with E-state index in [1.807, 2.05) is 6.92 Å². The van der Waals surface area contributed by atoms with Crippen molar-refractivity contribution in [2.24, 2.45) is 0 Å². The Hall–Kier alpha value is -1.29. The minimum absolute atomic E-state index is 0.0156. The summed E-state index contributed by atoms with van der Waals surface area (Å²) in [6.45, 7) is 3.84. The van der Waals surface area contributed by atoms with E-state index in [-0.39, 0.29) is 11.9 Å². The van der Waals surface area contributed by atoms with Gasteiger partial charge < -0.3 is 15.1 Å². The van der Waals surface area contributed by atoms with Crippen LogP contribution in [0.4, 0.5) is 0 Å². The van der Waals surface area contributed by atoms with Gasteiger partial charge in [-0.3, -0.25) is 4.79 Å². The van der Waals surface area contributed by atoms with Crippen molar-refractivity contribution in [2.45, 2.75) is 32.2 Å². The van der Waals surface area contributed by atoms with Crippen molar-refractivity contribution in [1.82, 2.24) is 10.6 Å². The van der Waals surface area contributed by atoms with Crippen LogP contribution in [-0.2, 0) is 0 Å². The fourth-order valence-electron chi connectivity index (χ4n) is 2.05. The molecule has 1 aliphatic heterocycles. The molecule has 1 saturated heterocycles. The molecule has 1 unspecified atom stereocenters. The van der Waals surface area contributed by atoms with E-state index in [9.17, 15) is 4.79 Å². The quantitative estimate of drug-likeness (QED) is 0.796. The maximum Gasteiger partial charge on any atom is 0.255 e. The molecule has 2 heterocycles. The fraction of sp³-hybridized carbons (Fsp3) is 0.583. The molecule has 0 spiro atoms. The van der Waals surface area contributed by atoms with Crippen LogP contribution >= 0.6 is 0 Å². The number of carbonyl (C=O) groups is 1. The van der Waals surface area contributed by atoms with Crippen LogP contribution in [0.5, 0.6) is 0 Å². The van der Waals surface area contributed by atoms with Crippen molar-refractivity contribution in [3.05, 3.63) is 23.7 Å². The van der Waals surface area contributed by atoms with Crippen molar-refractivity contribution < 1.29 is 9.21 Å². The highest BCUT2D eigenvalue weighted by atomic mass is 16.3. The summed E-state index contributed by atoms with van der Waals surface area (Å²) in [6, 6.07) is 2.01. The van der Waals surface area contributed by atoms with Crippen molar-refractivity contribution in [2.75, 3.05) is 13.1 Å².